The third kappa shape index (κ3) is 4.23. The van der Waals surface area contributed by atoms with Crippen LogP contribution in [0, 0.1) is 12.3 Å². The Morgan fingerprint density at radius 3 is 2.50 bits per heavy atom. The maximum atomic E-state index is 6.45. The number of aryl methyl sites for hydroxylation is 1. The largest absolute Gasteiger partial charge is 0.314 e. The highest BCUT2D eigenvalue weighted by Gasteiger charge is 2.32. The quantitative estimate of drug-likeness (QED) is 0.792. The van der Waals surface area contributed by atoms with Crippen molar-refractivity contribution in [2.45, 2.75) is 65.3 Å². The predicted octanol–water partition coefficient (Wildman–Crippen LogP) is 5.14. The van der Waals surface area contributed by atoms with Crippen molar-refractivity contribution in [3.63, 3.8) is 0 Å². The van der Waals surface area contributed by atoms with Gasteiger partial charge in [0.25, 0.3) is 0 Å². The maximum Gasteiger partial charge on any atom is 0.0440 e. The third-order valence-corrected chi connectivity index (χ3v) is 4.93. The van der Waals surface area contributed by atoms with E-state index in [2.05, 4.69) is 44.3 Å². The zero-order valence-corrected chi connectivity index (χ0v) is 13.9. The standard InChI is InChI=1S/C18H28ClN/c1-14(2)20-13-18(9-5-4-6-10-18)12-16-8-7-15(3)11-17(16)19/h7-8,11,14,20H,4-6,9-10,12-13H2,1-3H3. The molecule has 1 aliphatic rings. The Morgan fingerprint density at radius 1 is 1.20 bits per heavy atom. The summed E-state index contributed by atoms with van der Waals surface area (Å²) < 4.78 is 0. The lowest BCUT2D eigenvalue weighted by atomic mass is 9.70. The molecule has 0 unspecified atom stereocenters. The van der Waals surface area contributed by atoms with Crippen molar-refractivity contribution in [1.82, 2.24) is 5.32 Å². The molecule has 1 fully saturated rings. The Morgan fingerprint density at radius 2 is 1.90 bits per heavy atom. The molecule has 0 spiro atoms. The van der Waals surface area contributed by atoms with Crippen LogP contribution in [0.15, 0.2) is 18.2 Å². The van der Waals surface area contributed by atoms with Gasteiger partial charge in [-0.3, -0.25) is 0 Å². The second-order valence-corrected chi connectivity index (χ2v) is 7.28. The van der Waals surface area contributed by atoms with Crippen molar-refractivity contribution in [2.75, 3.05) is 6.54 Å². The Balaban J connectivity index is 2.14. The fourth-order valence-electron chi connectivity index (χ4n) is 3.34. The van der Waals surface area contributed by atoms with E-state index in [4.69, 9.17) is 11.6 Å². The Labute approximate surface area is 129 Å². The summed E-state index contributed by atoms with van der Waals surface area (Å²) in [6.07, 6.45) is 7.90. The number of benzene rings is 1. The minimum absolute atomic E-state index is 0.404. The maximum absolute atomic E-state index is 6.45. The van der Waals surface area contributed by atoms with Crippen LogP contribution in [0.4, 0.5) is 0 Å². The lowest BCUT2D eigenvalue weighted by molar-refractivity contribution is 0.176. The molecule has 0 bridgehead atoms. The Bertz CT molecular complexity index is 433. The molecule has 0 atom stereocenters. The Kier molecular flexibility index (Phi) is 5.51. The average molecular weight is 294 g/mol. The zero-order chi connectivity index (χ0) is 14.6. The van der Waals surface area contributed by atoms with Crippen molar-refractivity contribution in [3.05, 3.63) is 34.3 Å². The van der Waals surface area contributed by atoms with Crippen molar-refractivity contribution >= 4 is 11.6 Å². The van der Waals surface area contributed by atoms with Gasteiger partial charge in [-0.25, -0.2) is 0 Å². The van der Waals surface area contributed by atoms with Crippen LogP contribution in [0.2, 0.25) is 5.02 Å². The highest BCUT2D eigenvalue weighted by Crippen LogP contribution is 2.40. The van der Waals surface area contributed by atoms with Gasteiger partial charge in [-0.15, -0.1) is 0 Å². The fourth-order valence-corrected chi connectivity index (χ4v) is 3.64. The van der Waals surface area contributed by atoms with Gasteiger partial charge in [0, 0.05) is 17.6 Å². The lowest BCUT2D eigenvalue weighted by Crippen LogP contribution is -2.40. The smallest absolute Gasteiger partial charge is 0.0440 e. The average Bonchev–Trinajstić information content (AvgIpc) is 2.41. The van der Waals surface area contributed by atoms with E-state index in [9.17, 15) is 0 Å². The van der Waals surface area contributed by atoms with E-state index in [1.165, 1.54) is 43.2 Å². The van der Waals surface area contributed by atoms with Crippen molar-refractivity contribution in [1.29, 1.82) is 0 Å². The van der Waals surface area contributed by atoms with Crippen molar-refractivity contribution in [3.8, 4) is 0 Å². The molecule has 0 aromatic heterocycles. The van der Waals surface area contributed by atoms with E-state index in [-0.39, 0.29) is 0 Å². The van der Waals surface area contributed by atoms with Crippen molar-refractivity contribution < 1.29 is 0 Å². The van der Waals surface area contributed by atoms with Gasteiger partial charge in [-0.1, -0.05) is 56.8 Å². The van der Waals surface area contributed by atoms with Gasteiger partial charge < -0.3 is 5.32 Å². The normalized spacial score (nSPS) is 18.4. The molecule has 0 aliphatic heterocycles. The van der Waals surface area contributed by atoms with Gasteiger partial charge in [0.05, 0.1) is 0 Å². The summed E-state index contributed by atoms with van der Waals surface area (Å²) in [4.78, 5) is 0. The first-order chi connectivity index (χ1) is 9.51. The number of rotatable bonds is 5. The van der Waals surface area contributed by atoms with E-state index in [0.717, 1.165) is 18.0 Å². The third-order valence-electron chi connectivity index (χ3n) is 4.57. The molecule has 112 valence electrons. The molecule has 0 saturated heterocycles. The number of halogens is 1. The predicted molar refractivity (Wildman–Crippen MR) is 88.5 cm³/mol. The number of nitrogens with one attached hydrogen (secondary N) is 1. The molecule has 20 heavy (non-hydrogen) atoms. The molecule has 0 amide bonds. The van der Waals surface area contributed by atoms with Crippen LogP contribution in [-0.4, -0.2) is 12.6 Å². The topological polar surface area (TPSA) is 12.0 Å². The van der Waals surface area contributed by atoms with Crippen LogP contribution >= 0.6 is 11.6 Å². The van der Waals surface area contributed by atoms with Crippen LogP contribution in [0.1, 0.15) is 57.1 Å². The van der Waals surface area contributed by atoms with E-state index in [1.807, 2.05) is 0 Å². The van der Waals surface area contributed by atoms with E-state index >= 15 is 0 Å². The minimum atomic E-state index is 0.404. The molecular formula is C18H28ClN. The first-order valence-electron chi connectivity index (χ1n) is 7.99. The Hall–Kier alpha value is -0.530. The van der Waals surface area contributed by atoms with E-state index < -0.39 is 0 Å². The molecule has 1 aromatic carbocycles. The second-order valence-electron chi connectivity index (χ2n) is 6.87. The molecule has 2 rings (SSSR count). The van der Waals surface area contributed by atoms with Crippen LogP contribution in [0.3, 0.4) is 0 Å². The molecule has 1 aliphatic carbocycles. The molecule has 0 radical (unpaired) electrons. The summed E-state index contributed by atoms with van der Waals surface area (Å²) in [6, 6.07) is 7.07. The number of hydrogen-bond acceptors (Lipinski definition) is 1. The van der Waals surface area contributed by atoms with Crippen molar-refractivity contribution in [2.24, 2.45) is 5.41 Å². The summed E-state index contributed by atoms with van der Waals surface area (Å²) in [5.74, 6) is 0. The monoisotopic (exact) mass is 293 g/mol. The molecule has 1 aromatic rings. The molecule has 2 heteroatoms. The molecule has 1 nitrogen and oxygen atoms in total. The van der Waals surface area contributed by atoms with Gasteiger partial charge in [0.1, 0.15) is 0 Å². The SMILES string of the molecule is Cc1ccc(CC2(CNC(C)C)CCCCC2)c(Cl)c1. The van der Waals surface area contributed by atoms with Gasteiger partial charge in [0.2, 0.25) is 0 Å². The van der Waals surface area contributed by atoms with Gasteiger partial charge in [-0.05, 0) is 48.8 Å². The lowest BCUT2D eigenvalue weighted by Gasteiger charge is -2.38. The second kappa shape index (κ2) is 6.95. The highest BCUT2D eigenvalue weighted by atomic mass is 35.5. The molecule has 1 saturated carbocycles. The van der Waals surface area contributed by atoms with E-state index in [0.29, 0.717) is 11.5 Å². The van der Waals surface area contributed by atoms with Crippen LogP contribution in [0.25, 0.3) is 0 Å². The van der Waals surface area contributed by atoms with E-state index in [1.54, 1.807) is 0 Å². The van der Waals surface area contributed by atoms with Gasteiger partial charge in [-0.2, -0.15) is 0 Å². The minimum Gasteiger partial charge on any atom is -0.314 e. The first kappa shape index (κ1) is 15.9. The van der Waals surface area contributed by atoms with Gasteiger partial charge >= 0.3 is 0 Å². The summed E-state index contributed by atoms with van der Waals surface area (Å²) in [6.45, 7) is 7.69. The van der Waals surface area contributed by atoms with Crippen LogP contribution in [0.5, 0.6) is 0 Å². The fraction of sp³-hybridized carbons (Fsp3) is 0.667. The molecule has 1 N–H and O–H groups in total. The summed E-state index contributed by atoms with van der Waals surface area (Å²) >= 11 is 6.45. The van der Waals surface area contributed by atoms with Gasteiger partial charge in [0.15, 0.2) is 0 Å². The number of hydrogen-bond donors (Lipinski definition) is 1. The first-order valence-corrected chi connectivity index (χ1v) is 8.37. The van der Waals surface area contributed by atoms with Crippen LogP contribution in [-0.2, 0) is 6.42 Å². The molecule has 0 heterocycles. The highest BCUT2D eigenvalue weighted by molar-refractivity contribution is 6.31. The summed E-state index contributed by atoms with van der Waals surface area (Å²) in [7, 11) is 0. The summed E-state index contributed by atoms with van der Waals surface area (Å²) in [5, 5.41) is 4.61. The zero-order valence-electron chi connectivity index (χ0n) is 13.1. The van der Waals surface area contributed by atoms with Crippen LogP contribution < -0.4 is 5.32 Å². The summed E-state index contributed by atoms with van der Waals surface area (Å²) in [5.41, 5.74) is 2.97. The molecular weight excluding hydrogens is 266 g/mol.